The lowest BCUT2D eigenvalue weighted by molar-refractivity contribution is -0.113. The van der Waals surface area contributed by atoms with Gasteiger partial charge in [-0.3, -0.25) is 4.79 Å². The van der Waals surface area contributed by atoms with Crippen LogP contribution in [0.3, 0.4) is 0 Å². The third kappa shape index (κ3) is 3.33. The molecule has 0 aromatic heterocycles. The first-order chi connectivity index (χ1) is 9.63. The molecule has 0 fully saturated rings. The van der Waals surface area contributed by atoms with Crippen molar-refractivity contribution >= 4 is 28.4 Å². The predicted octanol–water partition coefficient (Wildman–Crippen LogP) is 4.44. The number of benzene rings is 2. The summed E-state index contributed by atoms with van der Waals surface area (Å²) >= 11 is 11.9. The first-order valence-electron chi connectivity index (χ1n) is 6.19. The molecule has 0 amide bonds. The van der Waals surface area contributed by atoms with Crippen LogP contribution in [0.1, 0.15) is 17.0 Å². The molecule has 0 aliphatic carbocycles. The van der Waals surface area contributed by atoms with Crippen molar-refractivity contribution < 1.29 is 9.53 Å². The molecule has 0 saturated carbocycles. The highest BCUT2D eigenvalue weighted by Crippen LogP contribution is 2.32. The lowest BCUT2D eigenvalue weighted by Crippen LogP contribution is -2.11. The Morgan fingerprint density at radius 3 is 2.45 bits per heavy atom. The zero-order valence-corrected chi connectivity index (χ0v) is 12.5. The summed E-state index contributed by atoms with van der Waals surface area (Å²) in [5.74, 6) is 0.172. The molecule has 104 valence electrons. The van der Waals surface area contributed by atoms with Crippen LogP contribution in [0, 0.1) is 0 Å². The van der Waals surface area contributed by atoms with Crippen molar-refractivity contribution in [1.82, 2.24) is 0 Å². The second-order valence-electron chi connectivity index (χ2n) is 4.39. The van der Waals surface area contributed by atoms with E-state index < -0.39 is 11.2 Å². The number of halogens is 2. The summed E-state index contributed by atoms with van der Waals surface area (Å²) in [6.07, 6.45) is 0.447. The Morgan fingerprint density at radius 2 is 1.80 bits per heavy atom. The molecule has 0 aliphatic rings. The maximum Gasteiger partial charge on any atom is 0.229 e. The minimum Gasteiger partial charge on any atom is -0.496 e. The quantitative estimate of drug-likeness (QED) is 0.763. The smallest absolute Gasteiger partial charge is 0.229 e. The van der Waals surface area contributed by atoms with E-state index in [0.29, 0.717) is 17.2 Å². The monoisotopic (exact) mass is 308 g/mol. The van der Waals surface area contributed by atoms with Gasteiger partial charge in [0.05, 0.1) is 13.0 Å². The number of carbonyl (C=O) groups is 1. The van der Waals surface area contributed by atoms with Gasteiger partial charge in [0.15, 0.2) is 0 Å². The minimum absolute atomic E-state index is 0.422. The Bertz CT molecular complexity index is 611. The van der Waals surface area contributed by atoms with Gasteiger partial charge in [-0.2, -0.15) is 0 Å². The van der Waals surface area contributed by atoms with Gasteiger partial charge in [0, 0.05) is 10.6 Å². The van der Waals surface area contributed by atoms with Gasteiger partial charge in [-0.05, 0) is 35.7 Å². The second-order valence-corrected chi connectivity index (χ2v) is 5.17. The SMILES string of the molecule is COc1ccccc1C(Cc1ccccc1Cl)C(=O)Cl. The summed E-state index contributed by atoms with van der Waals surface area (Å²) < 4.78 is 5.30. The van der Waals surface area contributed by atoms with Crippen LogP contribution in [0.2, 0.25) is 5.02 Å². The van der Waals surface area contributed by atoms with Crippen LogP contribution >= 0.6 is 23.2 Å². The van der Waals surface area contributed by atoms with Crippen molar-refractivity contribution in [2.75, 3.05) is 7.11 Å². The van der Waals surface area contributed by atoms with E-state index in [2.05, 4.69) is 0 Å². The maximum absolute atomic E-state index is 11.8. The molecule has 2 aromatic carbocycles. The highest BCUT2D eigenvalue weighted by molar-refractivity contribution is 6.64. The van der Waals surface area contributed by atoms with E-state index in [1.165, 1.54) is 0 Å². The Morgan fingerprint density at radius 1 is 1.15 bits per heavy atom. The molecule has 0 heterocycles. The number of ether oxygens (including phenoxy) is 1. The van der Waals surface area contributed by atoms with E-state index in [1.54, 1.807) is 13.2 Å². The van der Waals surface area contributed by atoms with Crippen LogP contribution in [0.25, 0.3) is 0 Å². The molecule has 20 heavy (non-hydrogen) atoms. The van der Waals surface area contributed by atoms with Crippen molar-refractivity contribution in [2.45, 2.75) is 12.3 Å². The molecule has 4 heteroatoms. The average Bonchev–Trinajstić information content (AvgIpc) is 2.46. The molecule has 0 bridgehead atoms. The molecule has 0 spiro atoms. The fourth-order valence-corrected chi connectivity index (χ4v) is 2.56. The van der Waals surface area contributed by atoms with E-state index in [9.17, 15) is 4.79 Å². The molecule has 0 aliphatic heterocycles. The predicted molar refractivity (Wildman–Crippen MR) is 81.8 cm³/mol. The van der Waals surface area contributed by atoms with Gasteiger partial charge >= 0.3 is 0 Å². The fourth-order valence-electron chi connectivity index (χ4n) is 2.15. The number of carbonyl (C=O) groups excluding carboxylic acids is 1. The lowest BCUT2D eigenvalue weighted by Gasteiger charge is -2.17. The molecule has 1 atom stereocenters. The minimum atomic E-state index is -0.479. The zero-order chi connectivity index (χ0) is 14.5. The van der Waals surface area contributed by atoms with E-state index in [1.807, 2.05) is 42.5 Å². The summed E-state index contributed by atoms with van der Waals surface area (Å²) in [6, 6.07) is 14.8. The van der Waals surface area contributed by atoms with Crippen LogP contribution in [0.5, 0.6) is 5.75 Å². The van der Waals surface area contributed by atoms with Crippen molar-refractivity contribution in [1.29, 1.82) is 0 Å². The Kier molecular flexibility index (Phi) is 5.05. The summed E-state index contributed by atoms with van der Waals surface area (Å²) in [7, 11) is 1.57. The van der Waals surface area contributed by atoms with E-state index >= 15 is 0 Å². The maximum atomic E-state index is 11.8. The Balaban J connectivity index is 2.37. The Hall–Kier alpha value is -1.51. The van der Waals surface area contributed by atoms with Gasteiger partial charge < -0.3 is 4.74 Å². The van der Waals surface area contributed by atoms with Gasteiger partial charge in [0.1, 0.15) is 5.75 Å². The van der Waals surface area contributed by atoms with Crippen LogP contribution in [0.15, 0.2) is 48.5 Å². The number of hydrogen-bond donors (Lipinski definition) is 0. The number of rotatable bonds is 5. The molecule has 2 aromatic rings. The van der Waals surface area contributed by atoms with Gasteiger partial charge in [-0.15, -0.1) is 0 Å². The van der Waals surface area contributed by atoms with E-state index in [4.69, 9.17) is 27.9 Å². The van der Waals surface area contributed by atoms with Crippen LogP contribution in [-0.4, -0.2) is 12.4 Å². The van der Waals surface area contributed by atoms with Crippen molar-refractivity contribution in [2.24, 2.45) is 0 Å². The third-order valence-corrected chi connectivity index (χ3v) is 3.80. The highest BCUT2D eigenvalue weighted by Gasteiger charge is 2.23. The number of methoxy groups -OCH3 is 1. The molecule has 0 N–H and O–H groups in total. The number of hydrogen-bond acceptors (Lipinski definition) is 2. The van der Waals surface area contributed by atoms with Crippen LogP contribution in [0.4, 0.5) is 0 Å². The topological polar surface area (TPSA) is 26.3 Å². The average molecular weight is 309 g/mol. The standard InChI is InChI=1S/C16H14Cl2O2/c1-20-15-9-5-3-7-12(15)13(16(18)19)10-11-6-2-4-8-14(11)17/h2-9,13H,10H2,1H3. The summed E-state index contributed by atoms with van der Waals surface area (Å²) in [5, 5.41) is 0.208. The zero-order valence-electron chi connectivity index (χ0n) is 11.0. The third-order valence-electron chi connectivity index (χ3n) is 3.17. The second kappa shape index (κ2) is 6.78. The van der Waals surface area contributed by atoms with Crippen LogP contribution in [-0.2, 0) is 11.2 Å². The van der Waals surface area contributed by atoms with Gasteiger partial charge in [0.25, 0.3) is 0 Å². The molecule has 1 unspecified atom stereocenters. The first kappa shape index (κ1) is 14.9. The van der Waals surface area contributed by atoms with Gasteiger partial charge in [0.2, 0.25) is 5.24 Å². The van der Waals surface area contributed by atoms with Crippen LogP contribution < -0.4 is 4.74 Å². The summed E-state index contributed by atoms with van der Waals surface area (Å²) in [5.41, 5.74) is 1.66. The molecular formula is C16H14Cl2O2. The van der Waals surface area contributed by atoms with Gasteiger partial charge in [-0.25, -0.2) is 0 Å². The normalized spacial score (nSPS) is 11.9. The highest BCUT2D eigenvalue weighted by atomic mass is 35.5. The van der Waals surface area contributed by atoms with E-state index in [0.717, 1.165) is 11.1 Å². The molecular weight excluding hydrogens is 295 g/mol. The summed E-state index contributed by atoms with van der Waals surface area (Å²) in [4.78, 5) is 11.8. The van der Waals surface area contributed by atoms with Crippen molar-refractivity contribution in [3.05, 3.63) is 64.7 Å². The summed E-state index contributed by atoms with van der Waals surface area (Å²) in [6.45, 7) is 0. The lowest BCUT2D eigenvalue weighted by atomic mass is 9.92. The largest absolute Gasteiger partial charge is 0.496 e. The fraction of sp³-hybridized carbons (Fsp3) is 0.188. The number of para-hydroxylation sites is 1. The molecule has 0 radical (unpaired) electrons. The van der Waals surface area contributed by atoms with Crippen molar-refractivity contribution in [3.8, 4) is 5.75 Å². The molecule has 2 rings (SSSR count). The van der Waals surface area contributed by atoms with E-state index in [-0.39, 0.29) is 0 Å². The molecule has 2 nitrogen and oxygen atoms in total. The molecule has 0 saturated heterocycles. The Labute approximate surface area is 128 Å². The van der Waals surface area contributed by atoms with Gasteiger partial charge in [-0.1, -0.05) is 48.0 Å². The van der Waals surface area contributed by atoms with Crippen molar-refractivity contribution in [3.63, 3.8) is 0 Å². The first-order valence-corrected chi connectivity index (χ1v) is 6.94.